The van der Waals surface area contributed by atoms with E-state index in [0.29, 0.717) is 79.5 Å². The number of benzene rings is 4. The lowest BCUT2D eigenvalue weighted by Gasteiger charge is -2.19. The van der Waals surface area contributed by atoms with E-state index in [0.717, 1.165) is 17.4 Å². The number of oxazole rings is 3. The van der Waals surface area contributed by atoms with Crippen LogP contribution in [0.25, 0.3) is 33.3 Å². The fraction of sp³-hybridized carbons (Fsp3) is 0.222. The number of Topliss-reactive ketones (excluding diaryl/α,β-unsaturated/α-hetero) is 1. The predicted molar refractivity (Wildman–Crippen MR) is 218 cm³/mol. The van der Waals surface area contributed by atoms with E-state index < -0.39 is 10.1 Å². The minimum Gasteiger partial charge on any atom is -0.506 e. The van der Waals surface area contributed by atoms with E-state index in [2.05, 4.69) is 20.3 Å². The summed E-state index contributed by atoms with van der Waals surface area (Å²) >= 11 is 22.9. The predicted octanol–water partition coefficient (Wildman–Crippen LogP) is 8.24. The lowest BCUT2D eigenvalue weighted by molar-refractivity contribution is -0.116. The van der Waals surface area contributed by atoms with Crippen molar-refractivity contribution in [1.29, 1.82) is 0 Å². The number of aliphatic hydroxyl groups is 1. The Labute approximate surface area is 341 Å². The Morgan fingerprint density at radius 1 is 0.839 bits per heavy atom. The van der Waals surface area contributed by atoms with Crippen LogP contribution < -0.4 is 16.0 Å². The first-order chi connectivity index (χ1) is 26.6. The number of carbonyl (C=O) groups excluding carboxylic acids is 1. The van der Waals surface area contributed by atoms with Gasteiger partial charge in [0.25, 0.3) is 22.1 Å². The van der Waals surface area contributed by atoms with E-state index in [4.69, 9.17) is 79.8 Å². The van der Waals surface area contributed by atoms with Crippen LogP contribution >= 0.6 is 46.4 Å². The van der Waals surface area contributed by atoms with Crippen LogP contribution in [-0.2, 0) is 19.1 Å². The Morgan fingerprint density at radius 2 is 1.41 bits per heavy atom. The van der Waals surface area contributed by atoms with Gasteiger partial charge in [-0.15, -0.1) is 0 Å². The number of aliphatic hydroxyl groups excluding tert-OH is 1. The number of ketones is 1. The van der Waals surface area contributed by atoms with Crippen LogP contribution in [0, 0.1) is 0 Å². The van der Waals surface area contributed by atoms with Crippen LogP contribution in [0.4, 0.5) is 17.7 Å². The van der Waals surface area contributed by atoms with Crippen molar-refractivity contribution in [2.24, 2.45) is 0 Å². The van der Waals surface area contributed by atoms with Crippen molar-refractivity contribution in [1.82, 2.24) is 15.0 Å². The maximum absolute atomic E-state index is 11.2. The first-order valence-electron chi connectivity index (χ1n) is 16.4. The number of hydrogen-bond acceptors (Lipinski definition) is 15. The van der Waals surface area contributed by atoms with Crippen molar-refractivity contribution in [3.05, 3.63) is 99.3 Å². The maximum Gasteiger partial charge on any atom is 0.298 e. The number of halogens is 4. The summed E-state index contributed by atoms with van der Waals surface area (Å²) in [6.45, 7) is 2.46. The third-order valence-electron chi connectivity index (χ3n) is 7.02. The van der Waals surface area contributed by atoms with Gasteiger partial charge in [0.1, 0.15) is 28.1 Å². The zero-order valence-electron chi connectivity index (χ0n) is 29.8. The summed E-state index contributed by atoms with van der Waals surface area (Å²) in [6, 6.07) is 20.8. The van der Waals surface area contributed by atoms with Gasteiger partial charge in [-0.25, -0.2) is 4.98 Å². The lowest BCUT2D eigenvalue weighted by Crippen LogP contribution is -2.30. The molecule has 298 valence electrons. The highest BCUT2D eigenvalue weighted by Crippen LogP contribution is 2.26. The van der Waals surface area contributed by atoms with Crippen LogP contribution in [0.1, 0.15) is 13.3 Å². The molecule has 15 nitrogen and oxygen atoms in total. The molecule has 4 aromatic carbocycles. The average molecular weight is 871 g/mol. The first-order valence-corrected chi connectivity index (χ1v) is 19.7. The summed E-state index contributed by atoms with van der Waals surface area (Å²) < 4.78 is 42.8. The molecule has 0 aliphatic rings. The fourth-order valence-electron chi connectivity index (χ4n) is 4.41. The van der Waals surface area contributed by atoms with Crippen LogP contribution in [0.2, 0.25) is 20.1 Å². The Balaban J connectivity index is 0.000000179. The highest BCUT2D eigenvalue weighted by atomic mass is 35.5. The Kier molecular flexibility index (Phi) is 16.4. The van der Waals surface area contributed by atoms with Gasteiger partial charge in [0.2, 0.25) is 0 Å². The number of nitrogens with one attached hydrogen (secondary N) is 1. The van der Waals surface area contributed by atoms with Crippen molar-refractivity contribution < 1.29 is 40.9 Å². The number of aromatic nitrogens is 3. The van der Waals surface area contributed by atoms with Crippen LogP contribution in [-0.4, -0.2) is 78.5 Å². The van der Waals surface area contributed by atoms with Crippen LogP contribution in [0.15, 0.2) is 92.4 Å². The molecule has 0 atom stereocenters. The Morgan fingerprint density at radius 3 is 2.00 bits per heavy atom. The number of fused-ring (bicyclic) bond motifs is 3. The number of phenols is 1. The fourth-order valence-corrected chi connectivity index (χ4v) is 5.47. The molecule has 3 aromatic heterocycles. The van der Waals surface area contributed by atoms with Gasteiger partial charge in [-0.2, -0.15) is 18.4 Å². The molecular weight excluding hydrogens is 834 g/mol. The molecule has 7 rings (SSSR count). The van der Waals surface area contributed by atoms with E-state index in [9.17, 15) is 13.2 Å². The normalized spacial score (nSPS) is 10.9. The third kappa shape index (κ3) is 14.4. The number of carbonyl (C=O) groups is 1. The van der Waals surface area contributed by atoms with E-state index >= 15 is 0 Å². The van der Waals surface area contributed by atoms with Crippen molar-refractivity contribution in [3.63, 3.8) is 0 Å². The quantitative estimate of drug-likeness (QED) is 0.0546. The number of aromatic hydroxyl groups is 1. The zero-order valence-corrected chi connectivity index (χ0v) is 33.6. The first kappa shape index (κ1) is 43.9. The second-order valence-electron chi connectivity index (χ2n) is 11.5. The molecule has 0 saturated carbocycles. The largest absolute Gasteiger partial charge is 0.506 e. The van der Waals surface area contributed by atoms with Crippen molar-refractivity contribution in [2.75, 3.05) is 55.1 Å². The minimum absolute atomic E-state index is 0.0122. The molecule has 7 aromatic rings. The molecule has 5 N–H and O–H groups in total. The molecule has 0 unspecified atom stereocenters. The van der Waals surface area contributed by atoms with Gasteiger partial charge >= 0.3 is 0 Å². The molecular formula is C36H36Cl4N6O9S. The van der Waals surface area contributed by atoms with Gasteiger partial charge < -0.3 is 39.4 Å². The summed E-state index contributed by atoms with van der Waals surface area (Å²) in [5.41, 5.74) is 9.69. The van der Waals surface area contributed by atoms with Gasteiger partial charge in [-0.3, -0.25) is 8.98 Å². The molecule has 0 spiro atoms. The van der Waals surface area contributed by atoms with E-state index in [1.807, 2.05) is 0 Å². The highest BCUT2D eigenvalue weighted by Gasteiger charge is 2.16. The third-order valence-corrected chi connectivity index (χ3v) is 8.56. The molecule has 3 heterocycles. The van der Waals surface area contributed by atoms with Crippen molar-refractivity contribution in [2.45, 2.75) is 13.3 Å². The Hall–Kier alpha value is -4.81. The number of nitrogen functional groups attached to an aromatic ring is 1. The summed E-state index contributed by atoms with van der Waals surface area (Å²) in [5, 5.41) is 22.7. The smallest absolute Gasteiger partial charge is 0.298 e. The van der Waals surface area contributed by atoms with Gasteiger partial charge in [0.05, 0.1) is 25.2 Å². The number of anilines is 3. The molecule has 56 heavy (non-hydrogen) atoms. The van der Waals surface area contributed by atoms with E-state index in [-0.39, 0.29) is 31.3 Å². The molecule has 0 aliphatic heterocycles. The Bertz CT molecular complexity index is 2480. The summed E-state index contributed by atoms with van der Waals surface area (Å²) in [6.07, 6.45) is 2.67. The molecule has 0 fully saturated rings. The molecule has 0 saturated heterocycles. The lowest BCUT2D eigenvalue weighted by atomic mass is 10.3. The SMILES string of the molecule is CC(=O)CCN(CCOS(C)(=O)=O)c1nc2cc(Cl)ccc2o1.Clc1ccc2ocnc2c1.Nc1cc(Cl)ccc1O.OCCNc1nc2cc(Cl)ccc2o1. The van der Waals surface area contributed by atoms with Crippen LogP contribution in [0.3, 0.4) is 0 Å². The summed E-state index contributed by atoms with van der Waals surface area (Å²) in [7, 11) is -3.53. The number of phenolic OH excluding ortho intramolecular Hbond substituents is 1. The van der Waals surface area contributed by atoms with Gasteiger partial charge in [-0.05, 0) is 79.7 Å². The summed E-state index contributed by atoms with van der Waals surface area (Å²) in [5.74, 6) is 0.0811. The van der Waals surface area contributed by atoms with Crippen LogP contribution in [0.5, 0.6) is 5.75 Å². The average Bonchev–Trinajstić information content (AvgIpc) is 3.88. The molecule has 20 heteroatoms. The van der Waals surface area contributed by atoms with Crippen molar-refractivity contribution in [3.8, 4) is 5.75 Å². The minimum atomic E-state index is -3.53. The van der Waals surface area contributed by atoms with Gasteiger partial charge in [0, 0.05) is 46.1 Å². The number of nitrogens with zero attached hydrogens (tertiary/aromatic N) is 4. The van der Waals surface area contributed by atoms with E-state index in [1.165, 1.54) is 25.5 Å². The molecule has 0 bridgehead atoms. The second-order valence-corrected chi connectivity index (χ2v) is 14.9. The monoisotopic (exact) mass is 868 g/mol. The highest BCUT2D eigenvalue weighted by molar-refractivity contribution is 7.85. The summed E-state index contributed by atoms with van der Waals surface area (Å²) in [4.78, 5) is 25.3. The number of hydrogen-bond donors (Lipinski definition) is 4. The molecule has 0 aliphatic carbocycles. The number of nitrogens with two attached hydrogens (primary N) is 1. The van der Waals surface area contributed by atoms with Crippen molar-refractivity contribution >= 4 is 113 Å². The van der Waals surface area contributed by atoms with E-state index in [1.54, 1.807) is 65.6 Å². The van der Waals surface area contributed by atoms with Gasteiger partial charge in [-0.1, -0.05) is 46.4 Å². The topological polar surface area (TPSA) is 220 Å². The zero-order chi connectivity index (χ0) is 40.8. The maximum atomic E-state index is 11.2. The van der Waals surface area contributed by atoms with Gasteiger partial charge in [0.15, 0.2) is 23.1 Å². The standard InChI is InChI=1S/C14H17ClN2O5S.C9H9ClN2O2.C7H4ClNO.C6H6ClNO/c1-10(18)5-6-17(7-8-21-23(2,19)20)14-16-12-9-11(15)3-4-13(12)22-14;10-6-1-2-8-7(5-6)12-9(14-8)11-3-4-13;8-5-1-2-7-6(3-5)9-4-10-7;7-4-1-2-6(9)5(8)3-4/h3-4,9H,5-8H2,1-2H3;1-2,5,13H,3-4H2,(H,11,12);1-4H;1-3,9H,8H2. The second kappa shape index (κ2) is 20.9. The molecule has 0 amide bonds. The number of rotatable bonds is 11. The molecule has 0 radical (unpaired) electrons.